The Kier molecular flexibility index (Phi) is 7.54. The van der Waals surface area contributed by atoms with Crippen LogP contribution in [0, 0.1) is 11.8 Å². The van der Waals surface area contributed by atoms with E-state index in [1.807, 2.05) is 13.8 Å². The molecule has 1 amide bonds. The number of carboxylic acids is 1. The number of carboxylic acid groups (broad SMARTS) is 1. The summed E-state index contributed by atoms with van der Waals surface area (Å²) >= 11 is 0. The molecule has 0 radical (unpaired) electrons. The molecule has 0 bridgehead atoms. The van der Waals surface area contributed by atoms with Crippen molar-refractivity contribution in [3.8, 4) is 0 Å². The molecule has 0 aliphatic carbocycles. The van der Waals surface area contributed by atoms with Crippen LogP contribution >= 0.6 is 0 Å². The van der Waals surface area contributed by atoms with Crippen molar-refractivity contribution >= 4 is 11.9 Å². The number of aliphatic carboxylic acids is 1. The number of hydrogen-bond donors (Lipinski definition) is 3. The Morgan fingerprint density at radius 3 is 2.35 bits per heavy atom. The van der Waals surface area contributed by atoms with Gasteiger partial charge < -0.3 is 16.2 Å². The largest absolute Gasteiger partial charge is 0.481 e. The van der Waals surface area contributed by atoms with Crippen molar-refractivity contribution in [2.75, 3.05) is 6.54 Å². The van der Waals surface area contributed by atoms with Gasteiger partial charge in [-0.05, 0) is 25.2 Å². The molecule has 0 aromatic carbocycles. The summed E-state index contributed by atoms with van der Waals surface area (Å²) in [6.07, 6.45) is 1.89. The van der Waals surface area contributed by atoms with Crippen molar-refractivity contribution in [1.82, 2.24) is 5.32 Å². The molecule has 5 heteroatoms. The summed E-state index contributed by atoms with van der Waals surface area (Å²) in [6.45, 7) is 6.18. The summed E-state index contributed by atoms with van der Waals surface area (Å²) in [5.41, 5.74) is 5.70. The minimum Gasteiger partial charge on any atom is -0.481 e. The van der Waals surface area contributed by atoms with Gasteiger partial charge in [-0.1, -0.05) is 20.8 Å². The van der Waals surface area contributed by atoms with Gasteiger partial charge in [0.25, 0.3) is 0 Å². The van der Waals surface area contributed by atoms with Crippen LogP contribution < -0.4 is 11.1 Å². The highest BCUT2D eigenvalue weighted by Crippen LogP contribution is 2.05. The number of carbonyl (C=O) groups is 2. The summed E-state index contributed by atoms with van der Waals surface area (Å²) in [5.74, 6) is -0.923. The smallest absolute Gasteiger partial charge is 0.306 e. The first-order chi connectivity index (χ1) is 7.84. The first kappa shape index (κ1) is 15.9. The van der Waals surface area contributed by atoms with Crippen molar-refractivity contribution in [2.24, 2.45) is 17.6 Å². The van der Waals surface area contributed by atoms with Crippen LogP contribution in [0.4, 0.5) is 0 Å². The molecule has 0 aliphatic rings. The zero-order valence-corrected chi connectivity index (χ0v) is 10.9. The van der Waals surface area contributed by atoms with Gasteiger partial charge in [-0.2, -0.15) is 0 Å². The van der Waals surface area contributed by atoms with E-state index in [0.717, 1.165) is 0 Å². The first-order valence-electron chi connectivity index (χ1n) is 6.10. The maximum atomic E-state index is 11.5. The number of nitrogens with two attached hydrogens (primary N) is 1. The Morgan fingerprint density at radius 1 is 1.29 bits per heavy atom. The molecule has 0 saturated carbocycles. The molecule has 0 rings (SSSR count). The van der Waals surface area contributed by atoms with Gasteiger partial charge in [0.2, 0.25) is 5.91 Å². The van der Waals surface area contributed by atoms with E-state index in [0.29, 0.717) is 31.7 Å². The molecule has 0 aliphatic heterocycles. The van der Waals surface area contributed by atoms with E-state index < -0.39 is 12.0 Å². The molecule has 0 saturated heterocycles. The molecule has 0 heterocycles. The van der Waals surface area contributed by atoms with Crippen molar-refractivity contribution in [3.05, 3.63) is 0 Å². The van der Waals surface area contributed by atoms with E-state index in [1.54, 1.807) is 6.92 Å². The van der Waals surface area contributed by atoms with Crippen molar-refractivity contribution in [1.29, 1.82) is 0 Å². The van der Waals surface area contributed by atoms with Gasteiger partial charge in [0.1, 0.15) is 0 Å². The second-order valence-corrected chi connectivity index (χ2v) is 4.91. The lowest BCUT2D eigenvalue weighted by molar-refractivity contribution is -0.141. The van der Waals surface area contributed by atoms with Crippen LogP contribution in [0.3, 0.4) is 0 Å². The third kappa shape index (κ3) is 7.74. The second-order valence-electron chi connectivity index (χ2n) is 4.91. The number of hydrogen-bond acceptors (Lipinski definition) is 3. The predicted octanol–water partition coefficient (Wildman–Crippen LogP) is 0.977. The van der Waals surface area contributed by atoms with Gasteiger partial charge >= 0.3 is 5.97 Å². The normalized spacial score (nSPS) is 14.4. The molecule has 100 valence electrons. The summed E-state index contributed by atoms with van der Waals surface area (Å²) in [5, 5.41) is 11.4. The summed E-state index contributed by atoms with van der Waals surface area (Å²) in [4.78, 5) is 22.1. The quantitative estimate of drug-likeness (QED) is 0.555. The average molecular weight is 244 g/mol. The van der Waals surface area contributed by atoms with E-state index in [9.17, 15) is 9.59 Å². The fourth-order valence-electron chi connectivity index (χ4n) is 1.49. The second kappa shape index (κ2) is 8.06. The Morgan fingerprint density at radius 2 is 1.88 bits per heavy atom. The fourth-order valence-corrected chi connectivity index (χ4v) is 1.49. The number of nitrogens with one attached hydrogen (secondary N) is 1. The zero-order valence-electron chi connectivity index (χ0n) is 10.9. The minimum absolute atomic E-state index is 0.151. The fraction of sp³-hybridized carbons (Fsp3) is 0.833. The van der Waals surface area contributed by atoms with Crippen LogP contribution in [-0.2, 0) is 9.59 Å². The van der Waals surface area contributed by atoms with Crippen molar-refractivity contribution < 1.29 is 14.7 Å². The summed E-state index contributed by atoms with van der Waals surface area (Å²) < 4.78 is 0. The van der Waals surface area contributed by atoms with Gasteiger partial charge in [0, 0.05) is 6.54 Å². The van der Waals surface area contributed by atoms with E-state index in [-0.39, 0.29) is 11.8 Å². The molecule has 0 fully saturated rings. The van der Waals surface area contributed by atoms with Gasteiger partial charge in [-0.3, -0.25) is 9.59 Å². The molecule has 17 heavy (non-hydrogen) atoms. The topological polar surface area (TPSA) is 92.4 Å². The Labute approximate surface area is 103 Å². The number of amides is 1. The molecule has 0 aromatic heterocycles. The van der Waals surface area contributed by atoms with Crippen LogP contribution in [0.2, 0.25) is 0 Å². The highest BCUT2D eigenvalue weighted by molar-refractivity contribution is 5.81. The van der Waals surface area contributed by atoms with E-state index in [1.165, 1.54) is 0 Å². The zero-order chi connectivity index (χ0) is 13.4. The van der Waals surface area contributed by atoms with Crippen LogP contribution in [-0.4, -0.2) is 29.6 Å². The van der Waals surface area contributed by atoms with E-state index >= 15 is 0 Å². The Hall–Kier alpha value is -1.10. The van der Waals surface area contributed by atoms with Crippen LogP contribution in [0.1, 0.15) is 40.0 Å². The molecule has 0 aromatic rings. The molecular formula is C12H24N2O3. The third-order valence-electron chi connectivity index (χ3n) is 2.60. The number of carbonyl (C=O) groups excluding carboxylic acids is 1. The van der Waals surface area contributed by atoms with E-state index in [2.05, 4.69) is 5.32 Å². The van der Waals surface area contributed by atoms with Gasteiger partial charge in [0.15, 0.2) is 0 Å². The third-order valence-corrected chi connectivity index (χ3v) is 2.60. The molecule has 5 nitrogen and oxygen atoms in total. The summed E-state index contributed by atoms with van der Waals surface area (Å²) in [6, 6.07) is -0.466. The van der Waals surface area contributed by atoms with Gasteiger partial charge in [0.05, 0.1) is 12.0 Å². The monoisotopic (exact) mass is 244 g/mol. The predicted molar refractivity (Wildman–Crippen MR) is 66.5 cm³/mol. The van der Waals surface area contributed by atoms with Gasteiger partial charge in [-0.25, -0.2) is 0 Å². The van der Waals surface area contributed by atoms with Crippen molar-refractivity contribution in [2.45, 2.75) is 46.1 Å². The lowest BCUT2D eigenvalue weighted by Gasteiger charge is -2.14. The lowest BCUT2D eigenvalue weighted by Crippen LogP contribution is -2.41. The van der Waals surface area contributed by atoms with E-state index in [4.69, 9.17) is 10.8 Å². The molecular weight excluding hydrogens is 220 g/mol. The molecule has 2 unspecified atom stereocenters. The average Bonchev–Trinajstić information content (AvgIpc) is 2.22. The van der Waals surface area contributed by atoms with Gasteiger partial charge in [-0.15, -0.1) is 0 Å². The minimum atomic E-state index is -0.798. The Bertz CT molecular complexity index is 254. The van der Waals surface area contributed by atoms with Crippen LogP contribution in [0.5, 0.6) is 0 Å². The SMILES string of the molecule is CC(C)CC(N)C(=O)NCCCC(C)C(=O)O. The van der Waals surface area contributed by atoms with Crippen LogP contribution in [0.15, 0.2) is 0 Å². The molecule has 4 N–H and O–H groups in total. The highest BCUT2D eigenvalue weighted by Gasteiger charge is 2.15. The lowest BCUT2D eigenvalue weighted by atomic mass is 10.0. The highest BCUT2D eigenvalue weighted by atomic mass is 16.4. The first-order valence-corrected chi connectivity index (χ1v) is 6.10. The Balaban J connectivity index is 3.68. The molecule has 0 spiro atoms. The molecule has 2 atom stereocenters. The standard InChI is InChI=1S/C12H24N2O3/c1-8(2)7-10(13)11(15)14-6-4-5-9(3)12(16)17/h8-10H,4-7,13H2,1-3H3,(H,14,15)(H,16,17). The maximum Gasteiger partial charge on any atom is 0.306 e. The maximum absolute atomic E-state index is 11.5. The summed E-state index contributed by atoms with van der Waals surface area (Å²) in [7, 11) is 0. The number of rotatable bonds is 8. The van der Waals surface area contributed by atoms with Crippen LogP contribution in [0.25, 0.3) is 0 Å². The van der Waals surface area contributed by atoms with Crippen molar-refractivity contribution in [3.63, 3.8) is 0 Å².